The number of rotatable bonds is 5. The van der Waals surface area contributed by atoms with Crippen molar-refractivity contribution in [3.63, 3.8) is 0 Å². The molecular weight excluding hydrogens is 344 g/mol. The first-order valence-electron chi connectivity index (χ1n) is 8.40. The van der Waals surface area contributed by atoms with Crippen molar-refractivity contribution in [3.8, 4) is 22.9 Å². The third-order valence-corrected chi connectivity index (χ3v) is 4.30. The highest BCUT2D eigenvalue weighted by Crippen LogP contribution is 2.28. The van der Waals surface area contributed by atoms with Gasteiger partial charge in [-0.2, -0.15) is 5.10 Å². The second-order valence-electron chi connectivity index (χ2n) is 6.05. The molecule has 0 saturated heterocycles. The summed E-state index contributed by atoms with van der Waals surface area (Å²) in [5.41, 5.74) is 2.10. The van der Waals surface area contributed by atoms with Crippen molar-refractivity contribution >= 4 is 10.9 Å². The van der Waals surface area contributed by atoms with E-state index in [1.54, 1.807) is 30.1 Å². The van der Waals surface area contributed by atoms with Crippen LogP contribution in [-0.2, 0) is 6.54 Å². The van der Waals surface area contributed by atoms with Crippen LogP contribution < -0.4 is 15.0 Å². The van der Waals surface area contributed by atoms with Gasteiger partial charge in [0, 0.05) is 18.3 Å². The summed E-state index contributed by atoms with van der Waals surface area (Å²) >= 11 is 0. The predicted octanol–water partition coefficient (Wildman–Crippen LogP) is 2.85. The zero-order chi connectivity index (χ0) is 18.8. The standard InChI is InChI=1S/C20H18N4O3/c1-26-15-8-16-18(17(9-15)27-2)20(25)23-19(22-16)14-10-21-24(12-14)11-13-6-4-3-5-7-13/h3-10,12H,11H2,1-2H3,(H,22,23,25). The minimum absolute atomic E-state index is 0.273. The Kier molecular flexibility index (Phi) is 4.33. The number of nitrogens with one attached hydrogen (secondary N) is 1. The molecular formula is C20H18N4O3. The number of nitrogens with zero attached hydrogens (tertiary/aromatic N) is 3. The fourth-order valence-electron chi connectivity index (χ4n) is 2.97. The van der Waals surface area contributed by atoms with Crippen molar-refractivity contribution in [1.29, 1.82) is 0 Å². The molecule has 2 heterocycles. The number of H-pyrrole nitrogens is 1. The highest BCUT2D eigenvalue weighted by atomic mass is 16.5. The van der Waals surface area contributed by atoms with Crippen LogP contribution in [0.1, 0.15) is 5.56 Å². The van der Waals surface area contributed by atoms with Crippen LogP contribution in [0.15, 0.2) is 59.7 Å². The highest BCUT2D eigenvalue weighted by molar-refractivity contribution is 5.87. The first-order chi connectivity index (χ1) is 13.2. The van der Waals surface area contributed by atoms with Gasteiger partial charge in [0.15, 0.2) is 0 Å². The number of fused-ring (bicyclic) bond motifs is 1. The van der Waals surface area contributed by atoms with E-state index in [9.17, 15) is 4.79 Å². The van der Waals surface area contributed by atoms with Gasteiger partial charge < -0.3 is 14.5 Å². The zero-order valence-electron chi connectivity index (χ0n) is 15.0. The molecule has 1 N–H and O–H groups in total. The van der Waals surface area contributed by atoms with Crippen molar-refractivity contribution in [2.75, 3.05) is 14.2 Å². The zero-order valence-corrected chi connectivity index (χ0v) is 15.0. The number of benzene rings is 2. The maximum absolute atomic E-state index is 12.6. The van der Waals surface area contributed by atoms with Crippen molar-refractivity contribution in [3.05, 3.63) is 70.8 Å². The van der Waals surface area contributed by atoms with E-state index >= 15 is 0 Å². The highest BCUT2D eigenvalue weighted by Gasteiger charge is 2.14. The molecule has 4 rings (SSSR count). The first kappa shape index (κ1) is 16.8. The van der Waals surface area contributed by atoms with E-state index in [0.29, 0.717) is 34.8 Å². The van der Waals surface area contributed by atoms with Gasteiger partial charge in [-0.05, 0) is 5.56 Å². The molecule has 4 aromatic rings. The Morgan fingerprint density at radius 1 is 1.11 bits per heavy atom. The Labute approximate surface area is 155 Å². The average Bonchev–Trinajstić information content (AvgIpc) is 3.16. The summed E-state index contributed by atoms with van der Waals surface area (Å²) in [5, 5.41) is 4.76. The van der Waals surface area contributed by atoms with Crippen LogP contribution in [0.5, 0.6) is 11.5 Å². The summed E-state index contributed by atoms with van der Waals surface area (Å²) in [4.78, 5) is 20.0. The van der Waals surface area contributed by atoms with Crippen molar-refractivity contribution in [2.45, 2.75) is 6.54 Å². The Bertz CT molecular complexity index is 1150. The Morgan fingerprint density at radius 2 is 1.93 bits per heavy atom. The molecule has 0 saturated carbocycles. The van der Waals surface area contributed by atoms with E-state index in [1.165, 1.54) is 7.11 Å². The van der Waals surface area contributed by atoms with Gasteiger partial charge in [0.05, 0.1) is 38.0 Å². The maximum atomic E-state index is 12.6. The van der Waals surface area contributed by atoms with E-state index in [1.807, 2.05) is 36.5 Å². The molecule has 7 heteroatoms. The molecule has 2 aromatic carbocycles. The minimum atomic E-state index is -0.273. The molecule has 0 aliphatic carbocycles. The lowest BCUT2D eigenvalue weighted by atomic mass is 10.2. The van der Waals surface area contributed by atoms with Gasteiger partial charge in [-0.3, -0.25) is 9.48 Å². The molecule has 0 spiro atoms. The van der Waals surface area contributed by atoms with Crippen LogP contribution in [-0.4, -0.2) is 34.0 Å². The average molecular weight is 362 g/mol. The van der Waals surface area contributed by atoms with Gasteiger partial charge in [0.2, 0.25) is 0 Å². The molecule has 27 heavy (non-hydrogen) atoms. The summed E-state index contributed by atoms with van der Waals surface area (Å²) < 4.78 is 12.4. The SMILES string of the molecule is COc1cc(OC)c2c(=O)[nH]c(-c3cnn(Cc4ccccc4)c3)nc2c1. The third-order valence-electron chi connectivity index (χ3n) is 4.30. The van der Waals surface area contributed by atoms with Gasteiger partial charge in [-0.1, -0.05) is 30.3 Å². The number of hydrogen-bond donors (Lipinski definition) is 1. The summed E-state index contributed by atoms with van der Waals surface area (Å²) in [6.45, 7) is 0.639. The Balaban J connectivity index is 1.75. The first-order valence-corrected chi connectivity index (χ1v) is 8.40. The summed E-state index contributed by atoms with van der Waals surface area (Å²) in [6, 6.07) is 13.4. The Hall–Kier alpha value is -3.61. The van der Waals surface area contributed by atoms with Crippen molar-refractivity contribution in [2.24, 2.45) is 0 Å². The van der Waals surface area contributed by atoms with Gasteiger partial charge in [-0.15, -0.1) is 0 Å². The molecule has 0 radical (unpaired) electrons. The predicted molar refractivity (Wildman–Crippen MR) is 102 cm³/mol. The summed E-state index contributed by atoms with van der Waals surface area (Å²) in [7, 11) is 3.07. The number of hydrogen-bond acceptors (Lipinski definition) is 5. The molecule has 0 aliphatic rings. The summed E-state index contributed by atoms with van der Waals surface area (Å²) in [6.07, 6.45) is 3.54. The molecule has 0 atom stereocenters. The second kappa shape index (κ2) is 6.95. The van der Waals surface area contributed by atoms with E-state index in [0.717, 1.165) is 11.1 Å². The van der Waals surface area contributed by atoms with E-state index in [-0.39, 0.29) is 5.56 Å². The molecule has 0 bridgehead atoms. The lowest BCUT2D eigenvalue weighted by Crippen LogP contribution is -2.11. The van der Waals surface area contributed by atoms with Crippen LogP contribution in [0.4, 0.5) is 0 Å². The molecule has 0 unspecified atom stereocenters. The quantitative estimate of drug-likeness (QED) is 0.590. The molecule has 0 fully saturated rings. The van der Waals surface area contributed by atoms with Gasteiger partial charge >= 0.3 is 0 Å². The molecule has 7 nitrogen and oxygen atoms in total. The maximum Gasteiger partial charge on any atom is 0.262 e. The lowest BCUT2D eigenvalue weighted by molar-refractivity contribution is 0.397. The van der Waals surface area contributed by atoms with Gasteiger partial charge in [0.25, 0.3) is 5.56 Å². The lowest BCUT2D eigenvalue weighted by Gasteiger charge is -2.08. The topological polar surface area (TPSA) is 82.0 Å². The van der Waals surface area contributed by atoms with Crippen LogP contribution >= 0.6 is 0 Å². The fraction of sp³-hybridized carbons (Fsp3) is 0.150. The van der Waals surface area contributed by atoms with Crippen molar-refractivity contribution < 1.29 is 9.47 Å². The number of aromatic nitrogens is 4. The molecule has 0 aliphatic heterocycles. The molecule has 2 aromatic heterocycles. The third kappa shape index (κ3) is 3.27. The normalized spacial score (nSPS) is 10.9. The largest absolute Gasteiger partial charge is 0.497 e. The molecule has 0 amide bonds. The van der Waals surface area contributed by atoms with Gasteiger partial charge in [-0.25, -0.2) is 4.98 Å². The van der Waals surface area contributed by atoms with E-state index in [2.05, 4.69) is 15.1 Å². The van der Waals surface area contributed by atoms with Crippen molar-refractivity contribution in [1.82, 2.24) is 19.7 Å². The van der Waals surface area contributed by atoms with E-state index in [4.69, 9.17) is 9.47 Å². The van der Waals surface area contributed by atoms with Crippen LogP contribution in [0.2, 0.25) is 0 Å². The fourth-order valence-corrected chi connectivity index (χ4v) is 2.97. The van der Waals surface area contributed by atoms with Crippen LogP contribution in [0.25, 0.3) is 22.3 Å². The Morgan fingerprint density at radius 3 is 2.67 bits per heavy atom. The van der Waals surface area contributed by atoms with Crippen LogP contribution in [0.3, 0.4) is 0 Å². The second-order valence-corrected chi connectivity index (χ2v) is 6.05. The minimum Gasteiger partial charge on any atom is -0.497 e. The van der Waals surface area contributed by atoms with E-state index < -0.39 is 0 Å². The number of methoxy groups -OCH3 is 2. The summed E-state index contributed by atoms with van der Waals surface area (Å²) in [5.74, 6) is 1.44. The number of ether oxygens (including phenoxy) is 2. The monoisotopic (exact) mass is 362 g/mol. The molecule has 136 valence electrons. The smallest absolute Gasteiger partial charge is 0.262 e. The number of aromatic amines is 1. The van der Waals surface area contributed by atoms with Gasteiger partial charge in [0.1, 0.15) is 22.7 Å². The van der Waals surface area contributed by atoms with Crippen LogP contribution in [0, 0.1) is 0 Å².